The van der Waals surface area contributed by atoms with Crippen molar-refractivity contribution in [2.24, 2.45) is 0 Å². The summed E-state index contributed by atoms with van der Waals surface area (Å²) in [5.74, 6) is 2.26. The third kappa shape index (κ3) is 4.32. The molecule has 0 saturated carbocycles. The van der Waals surface area contributed by atoms with E-state index in [-0.39, 0.29) is 6.04 Å². The van der Waals surface area contributed by atoms with Crippen LogP contribution < -0.4 is 19.5 Å². The zero-order valence-electron chi connectivity index (χ0n) is 18.8. The van der Waals surface area contributed by atoms with Crippen LogP contribution in [0.1, 0.15) is 28.3 Å². The molecule has 0 fully saturated rings. The Kier molecular flexibility index (Phi) is 6.05. The van der Waals surface area contributed by atoms with Crippen molar-refractivity contribution in [1.82, 2.24) is 5.32 Å². The molecule has 0 aliphatic carbocycles. The highest BCUT2D eigenvalue weighted by Gasteiger charge is 2.21. The second-order valence-electron chi connectivity index (χ2n) is 8.04. The van der Waals surface area contributed by atoms with Crippen molar-refractivity contribution in [2.45, 2.75) is 19.1 Å². The Morgan fingerprint density at radius 1 is 0.970 bits per heavy atom. The number of ether oxygens (including phenoxy) is 3. The average molecular weight is 442 g/mol. The van der Waals surface area contributed by atoms with Crippen LogP contribution in [0, 0.1) is 0 Å². The van der Waals surface area contributed by atoms with Gasteiger partial charge < -0.3 is 23.9 Å². The van der Waals surface area contributed by atoms with Gasteiger partial charge in [0.1, 0.15) is 6.61 Å². The lowest BCUT2D eigenvalue weighted by Gasteiger charge is -2.26. The Balaban J connectivity index is 1.41. The van der Waals surface area contributed by atoms with E-state index in [1.165, 1.54) is 11.1 Å². The van der Waals surface area contributed by atoms with Gasteiger partial charge in [-0.25, -0.2) is 0 Å². The highest BCUT2D eigenvalue weighted by atomic mass is 16.5. The minimum absolute atomic E-state index is 0.0786. The van der Waals surface area contributed by atoms with Crippen molar-refractivity contribution in [3.05, 3.63) is 95.3 Å². The molecule has 1 atom stereocenters. The number of furan rings is 1. The lowest BCUT2D eigenvalue weighted by Crippen LogP contribution is -2.28. The molecule has 0 saturated heterocycles. The van der Waals surface area contributed by atoms with Gasteiger partial charge in [-0.1, -0.05) is 48.6 Å². The van der Waals surface area contributed by atoms with Crippen molar-refractivity contribution in [3.63, 3.8) is 0 Å². The number of hydrogen-bond acceptors (Lipinski definition) is 5. The van der Waals surface area contributed by atoms with E-state index < -0.39 is 0 Å². The molecule has 1 aliphatic heterocycles. The molecule has 5 heteroatoms. The first kappa shape index (κ1) is 21.2. The van der Waals surface area contributed by atoms with E-state index in [0.29, 0.717) is 6.61 Å². The first-order chi connectivity index (χ1) is 16.3. The molecule has 0 bridgehead atoms. The van der Waals surface area contributed by atoms with E-state index in [1.54, 1.807) is 20.5 Å². The normalized spacial score (nSPS) is 15.5. The van der Waals surface area contributed by atoms with E-state index >= 15 is 0 Å². The molecule has 3 aromatic carbocycles. The second-order valence-corrected chi connectivity index (χ2v) is 8.04. The molecule has 5 nitrogen and oxygen atoms in total. The Bertz CT molecular complexity index is 1280. The van der Waals surface area contributed by atoms with Crippen molar-refractivity contribution in [1.29, 1.82) is 0 Å². The van der Waals surface area contributed by atoms with Crippen LogP contribution in [0.5, 0.6) is 17.2 Å². The van der Waals surface area contributed by atoms with Crippen LogP contribution in [0.15, 0.2) is 77.4 Å². The van der Waals surface area contributed by atoms with Crippen LogP contribution in [-0.2, 0) is 13.0 Å². The summed E-state index contributed by atoms with van der Waals surface area (Å²) in [6.07, 6.45) is 6.97. The van der Waals surface area contributed by atoms with Gasteiger partial charge in [-0.3, -0.25) is 0 Å². The summed E-state index contributed by atoms with van der Waals surface area (Å²) in [5.41, 5.74) is 5.46. The molecular weight excluding hydrogens is 414 g/mol. The standard InChI is InChI=1S/C28H27NO4/c1-30-25-11-9-20(22-13-15-32-28(22)25)8-10-24-23-17-26(31-2)27(16-21(23)12-14-29-24)33-18-19-6-4-3-5-7-19/h3-11,13,15-17,24,29H,12,14,18H2,1-2H3. The summed E-state index contributed by atoms with van der Waals surface area (Å²) in [6, 6.07) is 20.4. The smallest absolute Gasteiger partial charge is 0.176 e. The molecule has 1 aliphatic rings. The Morgan fingerprint density at radius 2 is 1.82 bits per heavy atom. The Hall–Kier alpha value is -3.70. The van der Waals surface area contributed by atoms with Gasteiger partial charge >= 0.3 is 0 Å². The van der Waals surface area contributed by atoms with Gasteiger partial charge in [0, 0.05) is 11.9 Å². The molecule has 0 radical (unpaired) electrons. The maximum atomic E-state index is 6.12. The lowest BCUT2D eigenvalue weighted by atomic mass is 9.92. The van der Waals surface area contributed by atoms with E-state index in [4.69, 9.17) is 18.6 Å². The van der Waals surface area contributed by atoms with E-state index in [9.17, 15) is 0 Å². The monoisotopic (exact) mass is 441 g/mol. The third-order valence-corrected chi connectivity index (χ3v) is 6.06. The molecule has 1 aromatic heterocycles. The van der Waals surface area contributed by atoms with Crippen LogP contribution in [-0.4, -0.2) is 20.8 Å². The van der Waals surface area contributed by atoms with Gasteiger partial charge in [-0.2, -0.15) is 0 Å². The zero-order valence-corrected chi connectivity index (χ0v) is 18.8. The summed E-state index contributed by atoms with van der Waals surface area (Å²) >= 11 is 0. The maximum absolute atomic E-state index is 6.12. The Labute approximate surface area is 193 Å². The number of methoxy groups -OCH3 is 2. The molecule has 1 unspecified atom stereocenters. The second kappa shape index (κ2) is 9.43. The minimum Gasteiger partial charge on any atom is -0.493 e. The van der Waals surface area contributed by atoms with Gasteiger partial charge in [0.25, 0.3) is 0 Å². The summed E-state index contributed by atoms with van der Waals surface area (Å²) in [7, 11) is 3.34. The van der Waals surface area contributed by atoms with E-state index in [2.05, 4.69) is 47.8 Å². The summed E-state index contributed by atoms with van der Waals surface area (Å²) < 4.78 is 22.8. The molecule has 168 valence electrons. The predicted octanol–water partition coefficient (Wildman–Crippen LogP) is 5.93. The van der Waals surface area contributed by atoms with Crippen molar-refractivity contribution >= 4 is 17.0 Å². The van der Waals surface area contributed by atoms with Crippen LogP contribution in [0.3, 0.4) is 0 Å². The van der Waals surface area contributed by atoms with Crippen molar-refractivity contribution in [3.8, 4) is 17.2 Å². The molecular formula is C28H27NO4. The molecule has 1 N–H and O–H groups in total. The van der Waals surface area contributed by atoms with Crippen LogP contribution in [0.25, 0.3) is 17.0 Å². The van der Waals surface area contributed by atoms with Crippen molar-refractivity contribution < 1.29 is 18.6 Å². The molecule has 5 rings (SSSR count). The van der Waals surface area contributed by atoms with Gasteiger partial charge in [0.15, 0.2) is 22.8 Å². The molecule has 0 amide bonds. The van der Waals surface area contributed by atoms with Crippen LogP contribution in [0.4, 0.5) is 0 Å². The fourth-order valence-corrected chi connectivity index (χ4v) is 4.34. The summed E-state index contributed by atoms with van der Waals surface area (Å²) in [6.45, 7) is 1.41. The quantitative estimate of drug-likeness (QED) is 0.385. The minimum atomic E-state index is 0.0786. The summed E-state index contributed by atoms with van der Waals surface area (Å²) in [5, 5.41) is 4.64. The van der Waals surface area contributed by atoms with Crippen LogP contribution >= 0.6 is 0 Å². The van der Waals surface area contributed by atoms with Gasteiger partial charge in [0.05, 0.1) is 26.5 Å². The number of hydrogen-bond donors (Lipinski definition) is 1. The topological polar surface area (TPSA) is 52.9 Å². The SMILES string of the molecule is COc1cc2c(cc1OCc1ccccc1)CCNC2C=Cc1ccc(OC)c2occc12. The third-order valence-electron chi connectivity index (χ3n) is 6.06. The predicted molar refractivity (Wildman–Crippen MR) is 130 cm³/mol. The highest BCUT2D eigenvalue weighted by molar-refractivity contribution is 5.91. The number of nitrogens with one attached hydrogen (secondary N) is 1. The number of benzene rings is 3. The van der Waals surface area contributed by atoms with Gasteiger partial charge in [-0.15, -0.1) is 0 Å². The Morgan fingerprint density at radius 3 is 2.64 bits per heavy atom. The number of fused-ring (bicyclic) bond motifs is 2. The molecule has 0 spiro atoms. The van der Waals surface area contributed by atoms with Gasteiger partial charge in [0.2, 0.25) is 0 Å². The number of rotatable bonds is 7. The lowest BCUT2D eigenvalue weighted by molar-refractivity contribution is 0.283. The maximum Gasteiger partial charge on any atom is 0.176 e. The largest absolute Gasteiger partial charge is 0.493 e. The van der Waals surface area contributed by atoms with Gasteiger partial charge in [-0.05, 0) is 52.9 Å². The molecule has 2 heterocycles. The molecule has 33 heavy (non-hydrogen) atoms. The highest BCUT2D eigenvalue weighted by Crippen LogP contribution is 2.37. The summed E-state index contributed by atoms with van der Waals surface area (Å²) in [4.78, 5) is 0. The molecule has 4 aromatic rings. The zero-order chi connectivity index (χ0) is 22.6. The van der Waals surface area contributed by atoms with Crippen molar-refractivity contribution in [2.75, 3.05) is 20.8 Å². The first-order valence-electron chi connectivity index (χ1n) is 11.1. The first-order valence-corrected chi connectivity index (χ1v) is 11.1. The fourth-order valence-electron chi connectivity index (χ4n) is 4.34. The average Bonchev–Trinajstić information content (AvgIpc) is 3.36. The van der Waals surface area contributed by atoms with E-state index in [0.717, 1.165) is 52.3 Å². The van der Waals surface area contributed by atoms with Crippen LogP contribution in [0.2, 0.25) is 0 Å². The fraction of sp³-hybridized carbons (Fsp3) is 0.214. The van der Waals surface area contributed by atoms with E-state index in [1.807, 2.05) is 30.3 Å².